The van der Waals surface area contributed by atoms with Crippen molar-refractivity contribution in [1.29, 1.82) is 0 Å². The lowest BCUT2D eigenvalue weighted by atomic mass is 9.97. The molecule has 9 nitrogen and oxygen atoms in total. The summed E-state index contributed by atoms with van der Waals surface area (Å²) in [5.41, 5.74) is 2.58. The Hall–Kier alpha value is -5.51. The van der Waals surface area contributed by atoms with E-state index in [-0.39, 0.29) is 30.4 Å². The van der Waals surface area contributed by atoms with Crippen molar-refractivity contribution in [1.82, 2.24) is 4.90 Å². The second kappa shape index (κ2) is 12.2. The van der Waals surface area contributed by atoms with Gasteiger partial charge in [-0.1, -0.05) is 68.4 Å². The molecule has 45 heavy (non-hydrogen) atoms. The first-order chi connectivity index (χ1) is 21.7. The van der Waals surface area contributed by atoms with Crippen molar-refractivity contribution in [2.45, 2.75) is 32.4 Å². The first-order valence-electron chi connectivity index (χ1n) is 14.5. The molecule has 10 heteroatoms. The Morgan fingerprint density at radius 1 is 0.889 bits per heavy atom. The first-order valence-corrected chi connectivity index (χ1v) is 14.5. The molecule has 2 heterocycles. The molecule has 4 aromatic rings. The van der Waals surface area contributed by atoms with Crippen LogP contribution in [0.15, 0.2) is 91.0 Å². The zero-order valence-corrected chi connectivity index (χ0v) is 24.7. The minimum absolute atomic E-state index is 0.0589. The number of amides is 3. The second-order valence-corrected chi connectivity index (χ2v) is 11.1. The number of hydrogen-bond acceptors (Lipinski definition) is 6. The number of nitrogens with zero attached hydrogens (tertiary/aromatic N) is 2. The fourth-order valence-electron chi connectivity index (χ4n) is 5.49. The van der Waals surface area contributed by atoms with Crippen LogP contribution in [0.2, 0.25) is 0 Å². The van der Waals surface area contributed by atoms with Crippen molar-refractivity contribution >= 4 is 34.9 Å². The summed E-state index contributed by atoms with van der Waals surface area (Å²) in [5, 5.41) is 2.87. The zero-order chi connectivity index (χ0) is 31.7. The van der Waals surface area contributed by atoms with Crippen molar-refractivity contribution in [3.05, 3.63) is 119 Å². The van der Waals surface area contributed by atoms with E-state index in [1.54, 1.807) is 54.6 Å². The summed E-state index contributed by atoms with van der Waals surface area (Å²) in [4.78, 5) is 56.5. The van der Waals surface area contributed by atoms with Gasteiger partial charge >= 0.3 is 0 Å². The van der Waals surface area contributed by atoms with Gasteiger partial charge in [-0.3, -0.25) is 24.1 Å². The second-order valence-electron chi connectivity index (χ2n) is 11.1. The number of fused-ring (bicyclic) bond motifs is 2. The number of Topliss-reactive ketones (excluding diaryl/α,β-unsaturated/α-hetero) is 1. The molecule has 0 saturated heterocycles. The molecular formula is C35H30FN3O6. The molecule has 0 saturated carbocycles. The Labute approximate surface area is 259 Å². The molecule has 3 amide bonds. The molecular weight excluding hydrogens is 577 g/mol. The average molecular weight is 608 g/mol. The fraction of sp³-hybridized carbons (Fsp3) is 0.200. The number of halogens is 1. The van der Waals surface area contributed by atoms with E-state index in [2.05, 4.69) is 5.32 Å². The molecule has 0 aromatic heterocycles. The average Bonchev–Trinajstić information content (AvgIpc) is 3.60. The van der Waals surface area contributed by atoms with Crippen LogP contribution in [0, 0.1) is 5.82 Å². The van der Waals surface area contributed by atoms with Crippen molar-refractivity contribution in [2.24, 2.45) is 0 Å². The van der Waals surface area contributed by atoms with Gasteiger partial charge in [0.15, 0.2) is 11.5 Å². The lowest BCUT2D eigenvalue weighted by molar-refractivity contribution is -0.139. The molecule has 0 spiro atoms. The lowest BCUT2D eigenvalue weighted by Gasteiger charge is -2.33. The van der Waals surface area contributed by atoms with Crippen LogP contribution < -0.4 is 19.7 Å². The molecule has 1 unspecified atom stereocenters. The maximum absolute atomic E-state index is 15.0. The van der Waals surface area contributed by atoms with Crippen molar-refractivity contribution in [3.63, 3.8) is 0 Å². The van der Waals surface area contributed by atoms with E-state index < -0.39 is 41.9 Å². The highest BCUT2D eigenvalue weighted by atomic mass is 19.1. The molecule has 0 fully saturated rings. The van der Waals surface area contributed by atoms with Crippen LogP contribution in [0.1, 0.15) is 52.9 Å². The van der Waals surface area contributed by atoms with Gasteiger partial charge in [-0.15, -0.1) is 0 Å². The minimum Gasteiger partial charge on any atom is -0.454 e. The summed E-state index contributed by atoms with van der Waals surface area (Å²) >= 11 is 0. The van der Waals surface area contributed by atoms with Crippen LogP contribution in [0.5, 0.6) is 11.5 Å². The van der Waals surface area contributed by atoms with E-state index in [9.17, 15) is 19.2 Å². The molecule has 6 rings (SSSR count). The third-order valence-electron chi connectivity index (χ3n) is 7.91. The third-order valence-corrected chi connectivity index (χ3v) is 7.91. The molecule has 2 aliphatic rings. The van der Waals surface area contributed by atoms with Gasteiger partial charge in [-0.05, 0) is 47.4 Å². The summed E-state index contributed by atoms with van der Waals surface area (Å²) in [5.74, 6) is -2.14. The summed E-state index contributed by atoms with van der Waals surface area (Å²) in [7, 11) is 0. The lowest BCUT2D eigenvalue weighted by Crippen LogP contribution is -2.46. The Morgan fingerprint density at radius 2 is 1.58 bits per heavy atom. The number of benzene rings is 4. The smallest absolute Gasteiger partial charge is 0.299 e. The van der Waals surface area contributed by atoms with Gasteiger partial charge in [0.25, 0.3) is 17.6 Å². The topological polar surface area (TPSA) is 105 Å². The van der Waals surface area contributed by atoms with Crippen molar-refractivity contribution in [3.8, 4) is 11.5 Å². The molecule has 228 valence electrons. The minimum atomic E-state index is -1.24. The van der Waals surface area contributed by atoms with Crippen LogP contribution in [0.25, 0.3) is 0 Å². The Bertz CT molecular complexity index is 1810. The third kappa shape index (κ3) is 5.86. The fourth-order valence-corrected chi connectivity index (χ4v) is 5.49. The molecule has 2 aliphatic heterocycles. The van der Waals surface area contributed by atoms with E-state index in [1.807, 2.05) is 26.0 Å². The van der Waals surface area contributed by atoms with Crippen LogP contribution in [0.4, 0.5) is 15.8 Å². The van der Waals surface area contributed by atoms with Crippen LogP contribution in [0.3, 0.4) is 0 Å². The summed E-state index contributed by atoms with van der Waals surface area (Å²) in [6, 6.07) is 23.4. The highest BCUT2D eigenvalue weighted by Crippen LogP contribution is 2.36. The standard InChI is InChI=1S/C35H30FN3O6/c1-21(2)22-11-13-23(14-12-22)32(34(42)37-25-15-16-29-30(17-25)45-20-44-29)39(18-24-7-3-5-9-27(24)36)31(40)19-38-28-10-6-4-8-26(28)33(41)35(38)43/h3-17,21,32H,18-20H2,1-2H3,(H,37,42). The highest BCUT2D eigenvalue weighted by Gasteiger charge is 2.39. The number of carbonyl (C=O) groups is 4. The predicted octanol–water partition coefficient (Wildman–Crippen LogP) is 5.62. The maximum Gasteiger partial charge on any atom is 0.299 e. The summed E-state index contributed by atoms with van der Waals surface area (Å²) in [6.45, 7) is 3.32. The van der Waals surface area contributed by atoms with E-state index >= 15 is 4.39 Å². The van der Waals surface area contributed by atoms with Gasteiger partial charge in [0.2, 0.25) is 12.7 Å². The number of ketones is 1. The van der Waals surface area contributed by atoms with Crippen LogP contribution >= 0.6 is 0 Å². The Morgan fingerprint density at radius 3 is 2.33 bits per heavy atom. The number of carbonyl (C=O) groups excluding carboxylic acids is 4. The van der Waals surface area contributed by atoms with Gasteiger partial charge in [0.1, 0.15) is 18.4 Å². The van der Waals surface area contributed by atoms with Crippen LogP contribution in [-0.2, 0) is 20.9 Å². The molecule has 1 N–H and O–H groups in total. The number of anilines is 2. The van der Waals surface area contributed by atoms with Gasteiger partial charge in [0, 0.05) is 23.9 Å². The highest BCUT2D eigenvalue weighted by molar-refractivity contribution is 6.52. The van der Waals surface area contributed by atoms with Gasteiger partial charge in [-0.2, -0.15) is 0 Å². The normalized spacial score (nSPS) is 14.0. The van der Waals surface area contributed by atoms with Gasteiger partial charge in [0.05, 0.1) is 11.3 Å². The van der Waals surface area contributed by atoms with Gasteiger partial charge in [-0.25, -0.2) is 4.39 Å². The SMILES string of the molecule is CC(C)c1ccc(C(C(=O)Nc2ccc3c(c2)OCO3)N(Cc2ccccc2F)C(=O)CN2C(=O)C(=O)c3ccccc32)cc1. The van der Waals surface area contributed by atoms with Gasteiger partial charge < -0.3 is 19.7 Å². The monoisotopic (exact) mass is 607 g/mol. The van der Waals surface area contributed by atoms with E-state index in [1.165, 1.54) is 29.2 Å². The number of para-hydroxylation sites is 1. The van der Waals surface area contributed by atoms with E-state index in [0.29, 0.717) is 28.4 Å². The number of nitrogens with one attached hydrogen (secondary N) is 1. The van der Waals surface area contributed by atoms with Crippen LogP contribution in [-0.4, -0.2) is 41.7 Å². The Balaban J connectivity index is 1.40. The number of rotatable bonds is 9. The predicted molar refractivity (Wildman–Crippen MR) is 165 cm³/mol. The van der Waals surface area contributed by atoms with E-state index in [0.717, 1.165) is 10.5 Å². The zero-order valence-electron chi connectivity index (χ0n) is 24.7. The number of ether oxygens (including phenoxy) is 2. The quantitative estimate of drug-likeness (QED) is 0.248. The number of hydrogen-bond donors (Lipinski definition) is 1. The maximum atomic E-state index is 15.0. The molecule has 0 radical (unpaired) electrons. The molecule has 4 aromatic carbocycles. The summed E-state index contributed by atoms with van der Waals surface area (Å²) in [6.07, 6.45) is 0. The largest absolute Gasteiger partial charge is 0.454 e. The molecule has 0 bridgehead atoms. The van der Waals surface area contributed by atoms with Crippen molar-refractivity contribution in [2.75, 3.05) is 23.6 Å². The van der Waals surface area contributed by atoms with Crippen molar-refractivity contribution < 1.29 is 33.0 Å². The molecule has 0 aliphatic carbocycles. The van der Waals surface area contributed by atoms with E-state index in [4.69, 9.17) is 9.47 Å². The first kappa shape index (κ1) is 29.6. The Kier molecular flexibility index (Phi) is 8.04. The molecule has 1 atom stereocenters. The summed E-state index contributed by atoms with van der Waals surface area (Å²) < 4.78 is 25.9.